The summed E-state index contributed by atoms with van der Waals surface area (Å²) in [6, 6.07) is 3.95. The Hall–Kier alpha value is -1.55. The monoisotopic (exact) mass is 515 g/mol. The fourth-order valence-corrected chi connectivity index (χ4v) is 3.80. The highest BCUT2D eigenvalue weighted by Crippen LogP contribution is 2.18. The van der Waals surface area contributed by atoms with Crippen molar-refractivity contribution in [1.29, 1.82) is 0 Å². The van der Waals surface area contributed by atoms with Gasteiger partial charge in [-0.3, -0.25) is 9.69 Å². The lowest BCUT2D eigenvalue weighted by Gasteiger charge is -2.38. The second-order valence-corrected chi connectivity index (χ2v) is 7.80. The first-order chi connectivity index (χ1) is 13.5. The number of furan rings is 1. The van der Waals surface area contributed by atoms with Gasteiger partial charge in [0.05, 0.1) is 18.8 Å². The highest BCUT2D eigenvalue weighted by atomic mass is 127. The van der Waals surface area contributed by atoms with E-state index in [2.05, 4.69) is 28.7 Å². The molecule has 1 aromatic heterocycles. The molecule has 0 radical (unpaired) electrons. The van der Waals surface area contributed by atoms with Crippen molar-refractivity contribution >= 4 is 35.8 Å². The summed E-state index contributed by atoms with van der Waals surface area (Å²) >= 11 is 0. The molecule has 3 heterocycles. The van der Waals surface area contributed by atoms with Crippen molar-refractivity contribution in [3.05, 3.63) is 36.3 Å². The predicted molar refractivity (Wildman–Crippen MR) is 127 cm³/mol. The molecule has 0 bridgehead atoms. The molecule has 1 N–H and O–H groups in total. The number of hydrogen-bond donors (Lipinski definition) is 1. The summed E-state index contributed by atoms with van der Waals surface area (Å²) in [5, 5.41) is 3.45. The molecule has 1 aromatic rings. The van der Waals surface area contributed by atoms with Gasteiger partial charge in [-0.05, 0) is 45.5 Å². The molecular formula is C21H34IN5O2. The van der Waals surface area contributed by atoms with Crippen LogP contribution < -0.4 is 5.32 Å². The Bertz CT molecular complexity index is 683. The lowest BCUT2D eigenvalue weighted by Crippen LogP contribution is -2.56. The summed E-state index contributed by atoms with van der Waals surface area (Å²) in [6.45, 7) is 11.4. The van der Waals surface area contributed by atoms with Gasteiger partial charge in [-0.25, -0.2) is 4.99 Å². The van der Waals surface area contributed by atoms with Gasteiger partial charge in [0.15, 0.2) is 5.96 Å². The largest absolute Gasteiger partial charge is 0.469 e. The van der Waals surface area contributed by atoms with Gasteiger partial charge in [0, 0.05) is 39.1 Å². The summed E-state index contributed by atoms with van der Waals surface area (Å²) in [6.07, 6.45) is 4.61. The number of rotatable bonds is 6. The van der Waals surface area contributed by atoms with Crippen LogP contribution in [0.2, 0.25) is 0 Å². The van der Waals surface area contributed by atoms with E-state index in [1.807, 2.05) is 24.0 Å². The van der Waals surface area contributed by atoms with Crippen molar-refractivity contribution in [2.24, 2.45) is 4.99 Å². The van der Waals surface area contributed by atoms with Crippen molar-refractivity contribution in [2.45, 2.75) is 32.2 Å². The molecule has 2 fully saturated rings. The minimum Gasteiger partial charge on any atom is -0.469 e. The average Bonchev–Trinajstić information content (AvgIpc) is 3.35. The van der Waals surface area contributed by atoms with Crippen LogP contribution in [0.3, 0.4) is 0 Å². The van der Waals surface area contributed by atoms with Crippen LogP contribution in [0.25, 0.3) is 0 Å². The van der Waals surface area contributed by atoms with Gasteiger partial charge in [-0.15, -0.1) is 24.0 Å². The van der Waals surface area contributed by atoms with Gasteiger partial charge in [-0.2, -0.15) is 0 Å². The third-order valence-corrected chi connectivity index (χ3v) is 5.43. The van der Waals surface area contributed by atoms with E-state index in [4.69, 9.17) is 9.41 Å². The number of amides is 1. The Labute approximate surface area is 191 Å². The number of nitrogens with one attached hydrogen (secondary N) is 1. The second-order valence-electron chi connectivity index (χ2n) is 7.80. The van der Waals surface area contributed by atoms with E-state index in [9.17, 15) is 4.79 Å². The first-order valence-corrected chi connectivity index (χ1v) is 10.2. The minimum absolute atomic E-state index is 0. The number of guanidine groups is 1. The number of likely N-dealkylation sites (N-methyl/N-ethyl adjacent to an activating group) is 1. The molecule has 1 atom stereocenters. The van der Waals surface area contributed by atoms with Crippen molar-refractivity contribution in [1.82, 2.24) is 20.0 Å². The molecule has 162 valence electrons. The van der Waals surface area contributed by atoms with Crippen molar-refractivity contribution in [2.75, 3.05) is 52.9 Å². The molecule has 1 amide bonds. The third-order valence-electron chi connectivity index (χ3n) is 5.43. The van der Waals surface area contributed by atoms with Crippen LogP contribution in [0.5, 0.6) is 0 Å². The Morgan fingerprint density at radius 1 is 1.28 bits per heavy atom. The average molecular weight is 515 g/mol. The van der Waals surface area contributed by atoms with Gasteiger partial charge in [-0.1, -0.05) is 12.2 Å². The van der Waals surface area contributed by atoms with Gasteiger partial charge in [0.25, 0.3) is 0 Å². The number of hydrogen-bond acceptors (Lipinski definition) is 4. The zero-order valence-electron chi connectivity index (χ0n) is 17.6. The fraction of sp³-hybridized carbons (Fsp3) is 0.619. The predicted octanol–water partition coefficient (Wildman–Crippen LogP) is 2.20. The van der Waals surface area contributed by atoms with Crippen LogP contribution in [0, 0.1) is 0 Å². The molecule has 0 aliphatic carbocycles. The van der Waals surface area contributed by atoms with Gasteiger partial charge in [0.2, 0.25) is 5.91 Å². The van der Waals surface area contributed by atoms with Gasteiger partial charge >= 0.3 is 0 Å². The maximum atomic E-state index is 12.8. The number of piperazine rings is 1. The quantitative estimate of drug-likeness (QED) is 0.273. The summed E-state index contributed by atoms with van der Waals surface area (Å²) < 4.78 is 5.40. The summed E-state index contributed by atoms with van der Waals surface area (Å²) in [4.78, 5) is 24.0. The van der Waals surface area contributed by atoms with E-state index in [1.54, 1.807) is 6.26 Å². The van der Waals surface area contributed by atoms with Gasteiger partial charge in [0.1, 0.15) is 5.76 Å². The summed E-state index contributed by atoms with van der Waals surface area (Å²) in [5.74, 6) is 2.13. The van der Waals surface area contributed by atoms with E-state index in [1.165, 1.54) is 0 Å². The third kappa shape index (κ3) is 6.74. The lowest BCUT2D eigenvalue weighted by atomic mass is 10.1. The molecule has 8 heteroatoms. The molecule has 3 rings (SSSR count). The summed E-state index contributed by atoms with van der Waals surface area (Å²) in [7, 11) is 2.05. The first kappa shape index (κ1) is 23.7. The molecule has 2 aliphatic rings. The second kappa shape index (κ2) is 11.6. The van der Waals surface area contributed by atoms with E-state index in [-0.39, 0.29) is 35.9 Å². The van der Waals surface area contributed by atoms with Crippen LogP contribution in [0.4, 0.5) is 0 Å². The Morgan fingerprint density at radius 2 is 2.00 bits per heavy atom. The zero-order valence-corrected chi connectivity index (χ0v) is 19.9. The Balaban J connectivity index is 0.00000300. The topological polar surface area (TPSA) is 64.3 Å². The Morgan fingerprint density at radius 3 is 2.59 bits per heavy atom. The standard InChI is InChI=1S/C21H33N5O2.HI/c1-17(2)16-23-21(22-9-8-18-6-5-15-28-18)26-13-11-25(12-14-26)20(27)19-7-4-10-24(19)3;/h5-6,15,19H,1,4,7-14,16H2,2-3H3,(H,22,23);1H. The van der Waals surface area contributed by atoms with Gasteiger partial charge < -0.3 is 19.5 Å². The van der Waals surface area contributed by atoms with E-state index in [0.29, 0.717) is 6.54 Å². The highest BCUT2D eigenvalue weighted by Gasteiger charge is 2.33. The SMILES string of the molecule is C=C(C)CN=C(NCCc1ccco1)N1CCN(C(=O)C2CCCN2C)CC1.I. The smallest absolute Gasteiger partial charge is 0.240 e. The van der Waals surface area contributed by atoms with E-state index in [0.717, 1.165) is 75.8 Å². The number of nitrogens with zero attached hydrogens (tertiary/aromatic N) is 4. The van der Waals surface area contributed by atoms with Crippen LogP contribution in [-0.4, -0.2) is 85.5 Å². The molecule has 29 heavy (non-hydrogen) atoms. The molecule has 2 saturated heterocycles. The molecule has 0 spiro atoms. The maximum absolute atomic E-state index is 12.8. The molecule has 0 aromatic carbocycles. The molecule has 1 unspecified atom stereocenters. The Kier molecular flexibility index (Phi) is 9.48. The van der Waals surface area contributed by atoms with Crippen LogP contribution >= 0.6 is 24.0 Å². The molecule has 0 saturated carbocycles. The van der Waals surface area contributed by atoms with Crippen molar-refractivity contribution < 1.29 is 9.21 Å². The lowest BCUT2D eigenvalue weighted by molar-refractivity contribution is -0.136. The number of likely N-dealkylation sites (tertiary alicyclic amines) is 1. The highest BCUT2D eigenvalue weighted by molar-refractivity contribution is 14.0. The summed E-state index contributed by atoms with van der Waals surface area (Å²) in [5.41, 5.74) is 1.03. The number of carbonyl (C=O) groups excluding carboxylic acids is 1. The normalized spacial score (nSPS) is 20.5. The van der Waals surface area contributed by atoms with Crippen molar-refractivity contribution in [3.8, 4) is 0 Å². The first-order valence-electron chi connectivity index (χ1n) is 10.2. The zero-order chi connectivity index (χ0) is 19.9. The maximum Gasteiger partial charge on any atom is 0.240 e. The van der Waals surface area contributed by atoms with Crippen LogP contribution in [-0.2, 0) is 11.2 Å². The van der Waals surface area contributed by atoms with Crippen LogP contribution in [0.15, 0.2) is 40.0 Å². The molecular weight excluding hydrogens is 481 g/mol. The number of halogens is 1. The van der Waals surface area contributed by atoms with E-state index >= 15 is 0 Å². The van der Waals surface area contributed by atoms with Crippen molar-refractivity contribution in [3.63, 3.8) is 0 Å². The molecule has 7 nitrogen and oxygen atoms in total. The molecule has 2 aliphatic heterocycles. The fourth-order valence-electron chi connectivity index (χ4n) is 3.80. The minimum atomic E-state index is 0. The number of aliphatic imine (C=N–C) groups is 1. The number of carbonyl (C=O) groups is 1. The van der Waals surface area contributed by atoms with E-state index < -0.39 is 0 Å². The van der Waals surface area contributed by atoms with Crippen LogP contribution in [0.1, 0.15) is 25.5 Å².